The van der Waals surface area contributed by atoms with E-state index in [1.54, 1.807) is 6.20 Å². The summed E-state index contributed by atoms with van der Waals surface area (Å²) >= 11 is 0. The molecule has 90 valence electrons. The lowest BCUT2D eigenvalue weighted by Gasteiger charge is -2.30. The van der Waals surface area contributed by atoms with Crippen LogP contribution in [0.4, 0.5) is 0 Å². The van der Waals surface area contributed by atoms with E-state index in [1.807, 2.05) is 6.20 Å². The number of ether oxygens (including phenoxy) is 1. The van der Waals surface area contributed by atoms with E-state index in [0.717, 1.165) is 25.4 Å². The fraction of sp³-hybridized carbons (Fsp3) is 0.750. The minimum Gasteiger partial charge on any atom is -0.377 e. The zero-order valence-electron chi connectivity index (χ0n) is 9.91. The van der Waals surface area contributed by atoms with Crippen molar-refractivity contribution in [2.45, 2.75) is 44.8 Å². The molecule has 2 atom stereocenters. The van der Waals surface area contributed by atoms with Crippen molar-refractivity contribution in [3.05, 3.63) is 18.2 Å². The first kappa shape index (κ1) is 11.6. The lowest BCUT2D eigenvalue weighted by molar-refractivity contribution is -0.00744. The zero-order valence-corrected chi connectivity index (χ0v) is 9.91. The van der Waals surface area contributed by atoms with Crippen molar-refractivity contribution in [3.8, 4) is 0 Å². The topological polar surface area (TPSA) is 49.9 Å². The molecule has 1 aliphatic rings. The molecule has 1 aromatic heterocycles. The van der Waals surface area contributed by atoms with Crippen LogP contribution in [0.1, 0.15) is 32.0 Å². The monoisotopic (exact) mass is 223 g/mol. The second-order valence-electron chi connectivity index (χ2n) is 4.31. The summed E-state index contributed by atoms with van der Waals surface area (Å²) in [6.45, 7) is 4.02. The van der Waals surface area contributed by atoms with Crippen molar-refractivity contribution in [1.29, 1.82) is 0 Å². The SMILES string of the molecule is CCNC(Cc1ncc[nH]1)C1CCCCO1. The lowest BCUT2D eigenvalue weighted by atomic mass is 9.99. The Labute approximate surface area is 96.8 Å². The van der Waals surface area contributed by atoms with Gasteiger partial charge < -0.3 is 15.0 Å². The average Bonchev–Trinajstić information content (AvgIpc) is 2.83. The van der Waals surface area contributed by atoms with E-state index in [-0.39, 0.29) is 0 Å². The van der Waals surface area contributed by atoms with E-state index in [9.17, 15) is 0 Å². The standard InChI is InChI=1S/C12H21N3O/c1-2-13-10(9-12-14-6-7-15-12)11-5-3-4-8-16-11/h6-7,10-11,13H,2-5,8-9H2,1H3,(H,14,15). The highest BCUT2D eigenvalue weighted by molar-refractivity contribution is 4.94. The summed E-state index contributed by atoms with van der Waals surface area (Å²) in [6.07, 6.45) is 8.60. The molecule has 0 radical (unpaired) electrons. The number of rotatable bonds is 5. The second kappa shape index (κ2) is 6.01. The molecular formula is C12H21N3O. The Kier molecular flexibility index (Phi) is 4.36. The van der Waals surface area contributed by atoms with Crippen LogP contribution in [0.25, 0.3) is 0 Å². The molecule has 0 bridgehead atoms. The van der Waals surface area contributed by atoms with E-state index in [0.29, 0.717) is 12.1 Å². The van der Waals surface area contributed by atoms with Crippen LogP contribution >= 0.6 is 0 Å². The summed E-state index contributed by atoms with van der Waals surface area (Å²) < 4.78 is 5.84. The number of imidazole rings is 1. The molecule has 0 saturated carbocycles. The highest BCUT2D eigenvalue weighted by Gasteiger charge is 2.24. The van der Waals surface area contributed by atoms with Gasteiger partial charge in [0.2, 0.25) is 0 Å². The largest absolute Gasteiger partial charge is 0.377 e. The van der Waals surface area contributed by atoms with E-state index in [1.165, 1.54) is 19.3 Å². The highest BCUT2D eigenvalue weighted by Crippen LogP contribution is 2.17. The van der Waals surface area contributed by atoms with Gasteiger partial charge in [0.1, 0.15) is 5.82 Å². The van der Waals surface area contributed by atoms with Gasteiger partial charge in [-0.15, -0.1) is 0 Å². The molecule has 1 aliphatic heterocycles. The van der Waals surface area contributed by atoms with Gasteiger partial charge in [0.25, 0.3) is 0 Å². The molecule has 0 aliphatic carbocycles. The Bertz CT molecular complexity index is 280. The maximum Gasteiger partial charge on any atom is 0.107 e. The molecule has 0 amide bonds. The van der Waals surface area contributed by atoms with Crippen molar-refractivity contribution >= 4 is 0 Å². The molecular weight excluding hydrogens is 202 g/mol. The second-order valence-corrected chi connectivity index (χ2v) is 4.31. The molecule has 1 aromatic rings. The van der Waals surface area contributed by atoms with Crippen molar-refractivity contribution < 1.29 is 4.74 Å². The van der Waals surface area contributed by atoms with Crippen molar-refractivity contribution in [2.24, 2.45) is 0 Å². The fourth-order valence-corrected chi connectivity index (χ4v) is 2.30. The predicted octanol–water partition coefficient (Wildman–Crippen LogP) is 1.50. The maximum atomic E-state index is 5.84. The molecule has 2 N–H and O–H groups in total. The number of hydrogen-bond donors (Lipinski definition) is 2. The van der Waals surface area contributed by atoms with E-state index in [2.05, 4.69) is 22.2 Å². The molecule has 0 aromatic carbocycles. The fourth-order valence-electron chi connectivity index (χ4n) is 2.30. The van der Waals surface area contributed by atoms with Gasteiger partial charge in [-0.2, -0.15) is 0 Å². The predicted molar refractivity (Wildman–Crippen MR) is 63.3 cm³/mol. The van der Waals surface area contributed by atoms with Gasteiger partial charge in [0.05, 0.1) is 6.10 Å². The Hall–Kier alpha value is -0.870. The normalized spacial score (nSPS) is 23.2. The van der Waals surface area contributed by atoms with Crippen LogP contribution in [0.15, 0.2) is 12.4 Å². The van der Waals surface area contributed by atoms with Crippen LogP contribution in [-0.2, 0) is 11.2 Å². The first-order valence-corrected chi connectivity index (χ1v) is 6.23. The van der Waals surface area contributed by atoms with Crippen LogP contribution in [0.5, 0.6) is 0 Å². The van der Waals surface area contributed by atoms with Gasteiger partial charge in [0.15, 0.2) is 0 Å². The molecule has 1 saturated heterocycles. The first-order chi connectivity index (χ1) is 7.90. The number of aromatic nitrogens is 2. The number of nitrogens with zero attached hydrogens (tertiary/aromatic N) is 1. The smallest absolute Gasteiger partial charge is 0.107 e. The van der Waals surface area contributed by atoms with Crippen LogP contribution in [-0.4, -0.2) is 35.3 Å². The van der Waals surface area contributed by atoms with E-state index in [4.69, 9.17) is 4.74 Å². The molecule has 2 heterocycles. The van der Waals surface area contributed by atoms with Crippen molar-refractivity contribution in [3.63, 3.8) is 0 Å². The van der Waals surface area contributed by atoms with Crippen LogP contribution in [0.3, 0.4) is 0 Å². The van der Waals surface area contributed by atoms with Gasteiger partial charge >= 0.3 is 0 Å². The minimum atomic E-state index is 0.346. The molecule has 1 fully saturated rings. The maximum absolute atomic E-state index is 5.84. The zero-order chi connectivity index (χ0) is 11.2. The summed E-state index contributed by atoms with van der Waals surface area (Å²) in [5.41, 5.74) is 0. The van der Waals surface area contributed by atoms with Gasteiger partial charge in [-0.25, -0.2) is 4.98 Å². The van der Waals surface area contributed by atoms with Gasteiger partial charge in [-0.1, -0.05) is 6.92 Å². The quantitative estimate of drug-likeness (QED) is 0.795. The number of aromatic amines is 1. The molecule has 4 nitrogen and oxygen atoms in total. The summed E-state index contributed by atoms with van der Waals surface area (Å²) in [5.74, 6) is 1.04. The molecule has 4 heteroatoms. The van der Waals surface area contributed by atoms with E-state index < -0.39 is 0 Å². The van der Waals surface area contributed by atoms with Gasteiger partial charge in [-0.05, 0) is 25.8 Å². The number of nitrogens with one attached hydrogen (secondary N) is 2. The summed E-state index contributed by atoms with van der Waals surface area (Å²) in [4.78, 5) is 7.44. The molecule has 0 spiro atoms. The third-order valence-corrected chi connectivity index (χ3v) is 3.10. The third-order valence-electron chi connectivity index (χ3n) is 3.10. The number of likely N-dealkylation sites (N-methyl/N-ethyl adjacent to an activating group) is 1. The number of H-pyrrole nitrogens is 1. The van der Waals surface area contributed by atoms with Crippen molar-refractivity contribution in [2.75, 3.05) is 13.2 Å². The Balaban J connectivity index is 1.92. The lowest BCUT2D eigenvalue weighted by Crippen LogP contribution is -2.44. The first-order valence-electron chi connectivity index (χ1n) is 6.23. The molecule has 2 rings (SSSR count). The van der Waals surface area contributed by atoms with Crippen LogP contribution in [0, 0.1) is 0 Å². The van der Waals surface area contributed by atoms with E-state index >= 15 is 0 Å². The number of hydrogen-bond acceptors (Lipinski definition) is 3. The van der Waals surface area contributed by atoms with Gasteiger partial charge in [0, 0.05) is 31.5 Å². The summed E-state index contributed by atoms with van der Waals surface area (Å²) in [6, 6.07) is 0.386. The minimum absolute atomic E-state index is 0.346. The Morgan fingerprint density at radius 2 is 2.56 bits per heavy atom. The Morgan fingerprint density at radius 3 is 3.19 bits per heavy atom. The summed E-state index contributed by atoms with van der Waals surface area (Å²) in [5, 5.41) is 3.51. The van der Waals surface area contributed by atoms with Crippen molar-refractivity contribution in [1.82, 2.24) is 15.3 Å². The van der Waals surface area contributed by atoms with Crippen LogP contribution < -0.4 is 5.32 Å². The highest BCUT2D eigenvalue weighted by atomic mass is 16.5. The summed E-state index contributed by atoms with van der Waals surface area (Å²) in [7, 11) is 0. The molecule has 2 unspecified atom stereocenters. The Morgan fingerprint density at radius 1 is 1.62 bits per heavy atom. The van der Waals surface area contributed by atoms with Crippen LogP contribution in [0.2, 0.25) is 0 Å². The molecule has 16 heavy (non-hydrogen) atoms. The van der Waals surface area contributed by atoms with Gasteiger partial charge in [-0.3, -0.25) is 0 Å². The average molecular weight is 223 g/mol. The third kappa shape index (κ3) is 3.06.